The van der Waals surface area contributed by atoms with Gasteiger partial charge in [0.2, 0.25) is 0 Å². The molecule has 0 unspecified atom stereocenters. The minimum atomic E-state index is -1.07. The summed E-state index contributed by atoms with van der Waals surface area (Å²) in [5.41, 5.74) is -0.298. The topological polar surface area (TPSA) is 83.9 Å². The maximum atomic E-state index is 11.7. The van der Waals surface area contributed by atoms with E-state index in [-0.39, 0.29) is 24.1 Å². The first-order valence-corrected chi connectivity index (χ1v) is 5.19. The molecule has 1 aliphatic heterocycles. The molecule has 0 bridgehead atoms. The van der Waals surface area contributed by atoms with Gasteiger partial charge in [-0.25, -0.2) is 9.69 Å². The number of carboxylic acid groups (broad SMARTS) is 1. The number of hydrogen-bond acceptors (Lipinski definition) is 4. The van der Waals surface area contributed by atoms with Gasteiger partial charge in [0.15, 0.2) is 5.76 Å². The number of amides is 2. The molecule has 2 amide bonds. The molecule has 94 valence electrons. The molecule has 6 nitrogen and oxygen atoms in total. The molecule has 0 atom stereocenters. The highest BCUT2D eigenvalue weighted by molar-refractivity contribution is 6.07. The van der Waals surface area contributed by atoms with Crippen LogP contribution in [-0.4, -0.2) is 34.5 Å². The second kappa shape index (κ2) is 4.57. The third-order valence-corrected chi connectivity index (χ3v) is 1.99. The lowest BCUT2D eigenvalue weighted by atomic mass is 9.96. The Balaban J connectivity index is 2.79. The van der Waals surface area contributed by atoms with Crippen molar-refractivity contribution in [2.45, 2.75) is 27.2 Å². The van der Waals surface area contributed by atoms with Crippen molar-refractivity contribution >= 4 is 18.0 Å². The van der Waals surface area contributed by atoms with Crippen LogP contribution in [0.5, 0.6) is 0 Å². The second-order valence-electron chi connectivity index (χ2n) is 4.84. The molecule has 0 radical (unpaired) electrons. The van der Waals surface area contributed by atoms with Crippen molar-refractivity contribution in [3.63, 3.8) is 0 Å². The fourth-order valence-electron chi connectivity index (χ4n) is 1.29. The first-order chi connectivity index (χ1) is 7.70. The quantitative estimate of drug-likeness (QED) is 0.754. The normalized spacial score (nSPS) is 18.8. The Hall–Kier alpha value is -1.85. The Kier molecular flexibility index (Phi) is 3.55. The van der Waals surface area contributed by atoms with Gasteiger partial charge in [-0.15, -0.1) is 0 Å². The minimum Gasteiger partial charge on any atom is -0.481 e. The number of carboxylic acids is 1. The van der Waals surface area contributed by atoms with Crippen LogP contribution in [0.4, 0.5) is 4.79 Å². The van der Waals surface area contributed by atoms with Crippen LogP contribution in [-0.2, 0) is 14.3 Å². The van der Waals surface area contributed by atoms with Gasteiger partial charge in [-0.1, -0.05) is 20.8 Å². The second-order valence-corrected chi connectivity index (χ2v) is 4.84. The molecule has 1 saturated heterocycles. The first kappa shape index (κ1) is 13.2. The Morgan fingerprint density at radius 2 is 2.00 bits per heavy atom. The van der Waals surface area contributed by atoms with Crippen molar-refractivity contribution in [2.24, 2.45) is 5.41 Å². The highest BCUT2D eigenvalue weighted by Gasteiger charge is 2.37. The summed E-state index contributed by atoms with van der Waals surface area (Å²) in [7, 11) is 0. The summed E-state index contributed by atoms with van der Waals surface area (Å²) in [4.78, 5) is 34.2. The minimum absolute atomic E-state index is 0.0344. The Morgan fingerprint density at radius 3 is 2.47 bits per heavy atom. The van der Waals surface area contributed by atoms with E-state index >= 15 is 0 Å². The standard InChI is InChI=1S/C11H15NO5/c1-11(2,3)6-7-9(15)12(10(16)17-7)5-4-8(13)14/h6H,4-5H2,1-3H3,(H,13,14)/b7-6-. The number of rotatable bonds is 3. The third-order valence-electron chi connectivity index (χ3n) is 1.99. The summed E-state index contributed by atoms with van der Waals surface area (Å²) >= 11 is 0. The van der Waals surface area contributed by atoms with Crippen molar-refractivity contribution < 1.29 is 24.2 Å². The van der Waals surface area contributed by atoms with Crippen LogP contribution in [0, 0.1) is 5.41 Å². The van der Waals surface area contributed by atoms with E-state index in [2.05, 4.69) is 0 Å². The molecule has 1 heterocycles. The maximum Gasteiger partial charge on any atom is 0.422 e. The van der Waals surface area contributed by atoms with Gasteiger partial charge in [0.25, 0.3) is 5.91 Å². The van der Waals surface area contributed by atoms with Crippen LogP contribution in [0.25, 0.3) is 0 Å². The van der Waals surface area contributed by atoms with E-state index in [1.807, 2.05) is 20.8 Å². The lowest BCUT2D eigenvalue weighted by molar-refractivity contribution is -0.137. The fourth-order valence-corrected chi connectivity index (χ4v) is 1.29. The van der Waals surface area contributed by atoms with Crippen LogP contribution in [0.1, 0.15) is 27.2 Å². The van der Waals surface area contributed by atoms with Gasteiger partial charge in [0, 0.05) is 6.54 Å². The summed E-state index contributed by atoms with van der Waals surface area (Å²) in [6.45, 7) is 5.41. The first-order valence-electron chi connectivity index (χ1n) is 5.19. The number of nitrogens with zero attached hydrogens (tertiary/aromatic N) is 1. The zero-order valence-corrected chi connectivity index (χ0v) is 10.0. The van der Waals surface area contributed by atoms with Gasteiger partial charge in [0.05, 0.1) is 6.42 Å². The van der Waals surface area contributed by atoms with Crippen LogP contribution >= 0.6 is 0 Å². The average Bonchev–Trinajstić information content (AvgIpc) is 2.37. The van der Waals surface area contributed by atoms with E-state index in [4.69, 9.17) is 9.84 Å². The van der Waals surface area contributed by atoms with E-state index in [1.165, 1.54) is 0 Å². The van der Waals surface area contributed by atoms with E-state index < -0.39 is 18.0 Å². The summed E-state index contributed by atoms with van der Waals surface area (Å²) in [5.74, 6) is -1.68. The number of hydrogen-bond donors (Lipinski definition) is 1. The molecule has 1 N–H and O–H groups in total. The highest BCUT2D eigenvalue weighted by Crippen LogP contribution is 2.24. The third kappa shape index (κ3) is 3.58. The lowest BCUT2D eigenvalue weighted by Crippen LogP contribution is -2.31. The number of carbonyl (C=O) groups excluding carboxylic acids is 2. The Morgan fingerprint density at radius 1 is 1.41 bits per heavy atom. The molecule has 0 spiro atoms. The van der Waals surface area contributed by atoms with E-state index in [9.17, 15) is 14.4 Å². The number of aliphatic carboxylic acids is 1. The molecule has 1 fully saturated rings. The zero-order valence-electron chi connectivity index (χ0n) is 10.0. The summed E-state index contributed by atoms with van der Waals surface area (Å²) in [6.07, 6.45) is 0.448. The van der Waals surface area contributed by atoms with Crippen LogP contribution in [0.2, 0.25) is 0 Å². The van der Waals surface area contributed by atoms with Gasteiger partial charge in [-0.2, -0.15) is 0 Å². The molecular formula is C11H15NO5. The fraction of sp³-hybridized carbons (Fsp3) is 0.545. The highest BCUT2D eigenvalue weighted by atomic mass is 16.6. The predicted octanol–water partition coefficient (Wildman–Crippen LogP) is 1.37. The molecule has 17 heavy (non-hydrogen) atoms. The summed E-state index contributed by atoms with van der Waals surface area (Å²) in [5, 5.41) is 8.49. The predicted molar refractivity (Wildman–Crippen MR) is 58.0 cm³/mol. The molecule has 0 aromatic heterocycles. The lowest BCUT2D eigenvalue weighted by Gasteiger charge is -2.11. The van der Waals surface area contributed by atoms with Crippen molar-refractivity contribution in [1.29, 1.82) is 0 Å². The number of ether oxygens (including phenoxy) is 1. The summed E-state index contributed by atoms with van der Waals surface area (Å²) < 4.78 is 4.80. The van der Waals surface area contributed by atoms with E-state index in [0.717, 1.165) is 4.90 Å². The Bertz CT molecular complexity index is 391. The van der Waals surface area contributed by atoms with Gasteiger partial charge >= 0.3 is 12.1 Å². The Labute approximate surface area is 98.8 Å². The zero-order chi connectivity index (χ0) is 13.2. The SMILES string of the molecule is CC(C)(C)/C=C1\OC(=O)N(CCC(=O)O)C1=O. The van der Waals surface area contributed by atoms with E-state index in [0.29, 0.717) is 0 Å². The number of cyclic esters (lactones) is 1. The monoisotopic (exact) mass is 241 g/mol. The summed E-state index contributed by atoms with van der Waals surface area (Å²) in [6, 6.07) is 0. The van der Waals surface area contributed by atoms with Crippen molar-refractivity contribution in [2.75, 3.05) is 6.54 Å². The number of allylic oxidation sites excluding steroid dienone is 1. The molecule has 6 heteroatoms. The molecule has 1 aliphatic rings. The van der Waals surface area contributed by atoms with Gasteiger partial charge < -0.3 is 9.84 Å². The van der Waals surface area contributed by atoms with E-state index in [1.54, 1.807) is 6.08 Å². The van der Waals surface area contributed by atoms with Crippen molar-refractivity contribution in [3.05, 3.63) is 11.8 Å². The van der Waals surface area contributed by atoms with Crippen molar-refractivity contribution in [1.82, 2.24) is 4.90 Å². The smallest absolute Gasteiger partial charge is 0.422 e. The maximum absolute atomic E-state index is 11.7. The van der Waals surface area contributed by atoms with Gasteiger partial charge in [0.1, 0.15) is 0 Å². The average molecular weight is 241 g/mol. The van der Waals surface area contributed by atoms with Gasteiger partial charge in [-0.3, -0.25) is 9.59 Å². The van der Waals surface area contributed by atoms with Crippen LogP contribution in [0.3, 0.4) is 0 Å². The largest absolute Gasteiger partial charge is 0.481 e. The van der Waals surface area contributed by atoms with Crippen LogP contribution < -0.4 is 0 Å². The number of carbonyl (C=O) groups is 3. The molecule has 0 saturated carbocycles. The molecule has 1 rings (SSSR count). The molecular weight excluding hydrogens is 226 g/mol. The molecule has 0 aliphatic carbocycles. The number of imide groups is 1. The van der Waals surface area contributed by atoms with Gasteiger partial charge in [-0.05, 0) is 11.5 Å². The molecule has 0 aromatic rings. The molecule has 0 aromatic carbocycles. The van der Waals surface area contributed by atoms with Crippen LogP contribution in [0.15, 0.2) is 11.8 Å². The van der Waals surface area contributed by atoms with Crippen molar-refractivity contribution in [3.8, 4) is 0 Å².